The van der Waals surface area contributed by atoms with Crippen LogP contribution in [0.1, 0.15) is 21.7 Å². The van der Waals surface area contributed by atoms with E-state index in [1.807, 2.05) is 20.2 Å². The van der Waals surface area contributed by atoms with E-state index in [0.29, 0.717) is 6.54 Å². The summed E-state index contributed by atoms with van der Waals surface area (Å²) >= 11 is 0. The summed E-state index contributed by atoms with van der Waals surface area (Å²) < 4.78 is 1.71. The van der Waals surface area contributed by atoms with Crippen molar-refractivity contribution < 1.29 is 4.79 Å². The van der Waals surface area contributed by atoms with E-state index in [4.69, 9.17) is 5.73 Å². The Morgan fingerprint density at radius 3 is 2.78 bits per heavy atom. The molecule has 7 heteroatoms. The van der Waals surface area contributed by atoms with Gasteiger partial charge < -0.3 is 11.1 Å². The second-order valence-electron chi connectivity index (χ2n) is 3.94. The Labute approximate surface area is 104 Å². The molecule has 2 rings (SSSR count). The molecule has 0 aliphatic rings. The molecule has 0 aliphatic carbocycles. The lowest BCUT2D eigenvalue weighted by molar-refractivity contribution is 0.0945. The number of hydrogen-bond donors (Lipinski definition) is 2. The van der Waals surface area contributed by atoms with Gasteiger partial charge in [-0.2, -0.15) is 5.10 Å². The predicted octanol–water partition coefficient (Wildman–Crippen LogP) is 0.0307. The maximum atomic E-state index is 11.8. The maximum absolute atomic E-state index is 11.8. The highest BCUT2D eigenvalue weighted by Gasteiger charge is 2.09. The fourth-order valence-electron chi connectivity index (χ4n) is 1.55. The average molecular weight is 246 g/mol. The van der Waals surface area contributed by atoms with Gasteiger partial charge in [0.1, 0.15) is 5.82 Å². The number of carbonyl (C=O) groups excluding carboxylic acids is 1. The van der Waals surface area contributed by atoms with Crippen LogP contribution in [0.3, 0.4) is 0 Å². The molecule has 0 unspecified atom stereocenters. The van der Waals surface area contributed by atoms with Gasteiger partial charge in [-0.1, -0.05) is 0 Å². The zero-order valence-electron chi connectivity index (χ0n) is 10.2. The van der Waals surface area contributed by atoms with Gasteiger partial charge in [0, 0.05) is 25.4 Å². The number of nitrogen functional groups attached to an aromatic ring is 1. The van der Waals surface area contributed by atoms with E-state index in [1.54, 1.807) is 4.68 Å². The number of rotatable bonds is 3. The minimum Gasteiger partial charge on any atom is -0.382 e. The first kappa shape index (κ1) is 12.0. The molecule has 18 heavy (non-hydrogen) atoms. The lowest BCUT2D eigenvalue weighted by atomic mass is 10.2. The molecule has 2 aromatic rings. The van der Waals surface area contributed by atoms with Gasteiger partial charge in [-0.25, -0.2) is 0 Å². The molecule has 2 heterocycles. The standard InChI is InChI=1S/C11H14N6O/c1-7-8(6-17(2)16-7)5-13-11(18)9-3-4-10(12)15-14-9/h3-4,6H,5H2,1-2H3,(H2,12,15)(H,13,18). The van der Waals surface area contributed by atoms with Crippen LogP contribution in [0.5, 0.6) is 0 Å². The first-order valence-corrected chi connectivity index (χ1v) is 5.43. The molecule has 0 aliphatic heterocycles. The Hall–Kier alpha value is -2.44. The van der Waals surface area contributed by atoms with E-state index in [0.717, 1.165) is 11.3 Å². The number of carbonyl (C=O) groups is 1. The molecule has 0 aromatic carbocycles. The molecular weight excluding hydrogens is 232 g/mol. The van der Waals surface area contributed by atoms with Crippen LogP contribution in [0.4, 0.5) is 5.82 Å². The van der Waals surface area contributed by atoms with Gasteiger partial charge in [0.25, 0.3) is 5.91 Å². The summed E-state index contributed by atoms with van der Waals surface area (Å²) in [6.07, 6.45) is 1.87. The van der Waals surface area contributed by atoms with Gasteiger partial charge >= 0.3 is 0 Å². The van der Waals surface area contributed by atoms with Crippen LogP contribution in [0.15, 0.2) is 18.3 Å². The minimum absolute atomic E-state index is 0.241. The molecule has 94 valence electrons. The Kier molecular flexibility index (Phi) is 3.22. The van der Waals surface area contributed by atoms with Gasteiger partial charge in [0.05, 0.1) is 5.69 Å². The van der Waals surface area contributed by atoms with Crippen LogP contribution in [0.25, 0.3) is 0 Å². The quantitative estimate of drug-likeness (QED) is 0.796. The van der Waals surface area contributed by atoms with Gasteiger partial charge in [0.2, 0.25) is 0 Å². The zero-order chi connectivity index (χ0) is 13.1. The number of aromatic nitrogens is 4. The van der Waals surface area contributed by atoms with Gasteiger partial charge in [-0.05, 0) is 19.1 Å². The molecule has 0 saturated heterocycles. The number of aryl methyl sites for hydroxylation is 2. The van der Waals surface area contributed by atoms with E-state index < -0.39 is 0 Å². The van der Waals surface area contributed by atoms with Crippen molar-refractivity contribution in [2.75, 3.05) is 5.73 Å². The van der Waals surface area contributed by atoms with Crippen LogP contribution in [0.2, 0.25) is 0 Å². The molecular formula is C11H14N6O. The van der Waals surface area contributed by atoms with Crippen LogP contribution in [0, 0.1) is 6.92 Å². The zero-order valence-corrected chi connectivity index (χ0v) is 10.2. The molecule has 1 amide bonds. The van der Waals surface area contributed by atoms with E-state index in [9.17, 15) is 4.79 Å². The summed E-state index contributed by atoms with van der Waals surface area (Å²) in [5.41, 5.74) is 7.50. The number of nitrogens with zero attached hydrogens (tertiary/aromatic N) is 4. The van der Waals surface area contributed by atoms with Crippen LogP contribution < -0.4 is 11.1 Å². The second kappa shape index (κ2) is 4.82. The van der Waals surface area contributed by atoms with Crippen molar-refractivity contribution in [3.63, 3.8) is 0 Å². The molecule has 7 nitrogen and oxygen atoms in total. The summed E-state index contributed by atoms with van der Waals surface area (Å²) in [5.74, 6) is 0.000377. The summed E-state index contributed by atoms with van der Waals surface area (Å²) in [5, 5.41) is 14.3. The predicted molar refractivity (Wildman–Crippen MR) is 65.6 cm³/mol. The lowest BCUT2D eigenvalue weighted by Gasteiger charge is -2.03. The molecule has 0 saturated carbocycles. The normalized spacial score (nSPS) is 10.3. The SMILES string of the molecule is Cc1nn(C)cc1CNC(=O)c1ccc(N)nn1. The summed E-state index contributed by atoms with van der Waals surface area (Å²) in [4.78, 5) is 11.8. The fraction of sp³-hybridized carbons (Fsp3) is 0.273. The monoisotopic (exact) mass is 246 g/mol. The summed E-state index contributed by atoms with van der Waals surface area (Å²) in [6.45, 7) is 2.30. The van der Waals surface area contributed by atoms with Gasteiger partial charge in [0.15, 0.2) is 5.69 Å². The minimum atomic E-state index is -0.286. The Balaban J connectivity index is 2.00. The molecule has 0 atom stereocenters. The van der Waals surface area contributed by atoms with Crippen LogP contribution >= 0.6 is 0 Å². The van der Waals surface area contributed by atoms with Crippen molar-refractivity contribution >= 4 is 11.7 Å². The smallest absolute Gasteiger partial charge is 0.272 e. The topological polar surface area (TPSA) is 98.7 Å². The lowest BCUT2D eigenvalue weighted by Crippen LogP contribution is -2.24. The first-order chi connectivity index (χ1) is 8.56. The Morgan fingerprint density at radius 1 is 1.44 bits per heavy atom. The van der Waals surface area contributed by atoms with Crippen molar-refractivity contribution in [1.29, 1.82) is 0 Å². The summed E-state index contributed by atoms with van der Waals surface area (Å²) in [7, 11) is 1.84. The molecule has 2 aromatic heterocycles. The largest absolute Gasteiger partial charge is 0.382 e. The Bertz CT molecular complexity index is 559. The van der Waals surface area contributed by atoms with E-state index in [-0.39, 0.29) is 17.4 Å². The van der Waals surface area contributed by atoms with Crippen LogP contribution in [-0.4, -0.2) is 25.9 Å². The number of nitrogens with one attached hydrogen (secondary N) is 1. The highest BCUT2D eigenvalue weighted by Crippen LogP contribution is 2.04. The van der Waals surface area contributed by atoms with Crippen molar-refractivity contribution in [3.05, 3.63) is 35.3 Å². The molecule has 0 fully saturated rings. The second-order valence-corrected chi connectivity index (χ2v) is 3.94. The number of hydrogen-bond acceptors (Lipinski definition) is 5. The van der Waals surface area contributed by atoms with E-state index >= 15 is 0 Å². The number of anilines is 1. The highest BCUT2D eigenvalue weighted by molar-refractivity contribution is 5.92. The van der Waals surface area contributed by atoms with Gasteiger partial charge in [-0.15, -0.1) is 10.2 Å². The van der Waals surface area contributed by atoms with Crippen LogP contribution in [-0.2, 0) is 13.6 Å². The molecule has 0 radical (unpaired) electrons. The molecule has 0 spiro atoms. The third kappa shape index (κ3) is 2.62. The van der Waals surface area contributed by atoms with Gasteiger partial charge in [-0.3, -0.25) is 9.48 Å². The highest BCUT2D eigenvalue weighted by atomic mass is 16.1. The number of nitrogens with two attached hydrogens (primary N) is 1. The Morgan fingerprint density at radius 2 is 2.22 bits per heavy atom. The van der Waals surface area contributed by atoms with Crippen molar-refractivity contribution in [1.82, 2.24) is 25.3 Å². The van der Waals surface area contributed by atoms with Crippen molar-refractivity contribution in [2.24, 2.45) is 7.05 Å². The fourth-order valence-corrected chi connectivity index (χ4v) is 1.55. The van der Waals surface area contributed by atoms with E-state index in [1.165, 1.54) is 12.1 Å². The molecule has 0 bridgehead atoms. The maximum Gasteiger partial charge on any atom is 0.272 e. The summed E-state index contributed by atoms with van der Waals surface area (Å²) in [6, 6.07) is 3.07. The van der Waals surface area contributed by atoms with E-state index in [2.05, 4.69) is 20.6 Å². The van der Waals surface area contributed by atoms with Crippen molar-refractivity contribution in [3.8, 4) is 0 Å². The average Bonchev–Trinajstić information content (AvgIpc) is 2.66. The van der Waals surface area contributed by atoms with Crippen molar-refractivity contribution in [2.45, 2.75) is 13.5 Å². The molecule has 3 N–H and O–H groups in total. The third-order valence-electron chi connectivity index (χ3n) is 2.47. The number of amides is 1. The third-order valence-corrected chi connectivity index (χ3v) is 2.47. The first-order valence-electron chi connectivity index (χ1n) is 5.43.